The fourth-order valence-electron chi connectivity index (χ4n) is 3.35. The Kier molecular flexibility index (Phi) is 10.5. The van der Waals surface area contributed by atoms with Gasteiger partial charge < -0.3 is 19.7 Å². The first-order chi connectivity index (χ1) is 15.3. The Morgan fingerprint density at radius 1 is 1.25 bits per heavy atom. The number of hydrogen-bond donors (Lipinski definition) is 2. The van der Waals surface area contributed by atoms with Crippen molar-refractivity contribution in [1.82, 2.24) is 4.90 Å². The van der Waals surface area contributed by atoms with Gasteiger partial charge in [-0.1, -0.05) is 62.7 Å². The summed E-state index contributed by atoms with van der Waals surface area (Å²) < 4.78 is 11.6. The molecule has 0 spiro atoms. The number of carbonyl (C=O) groups excluding carboxylic acids is 1. The minimum atomic E-state index is -1.40. The third kappa shape index (κ3) is 6.95. The van der Waals surface area contributed by atoms with Crippen LogP contribution in [0.25, 0.3) is 6.08 Å². The predicted molar refractivity (Wildman–Crippen MR) is 130 cm³/mol. The van der Waals surface area contributed by atoms with Crippen LogP contribution in [0.15, 0.2) is 23.1 Å². The number of rotatable bonds is 13. The number of unbranched alkanes of at least 4 members (excludes halogenated alkanes) is 4. The second-order valence-corrected chi connectivity index (χ2v) is 9.31. The third-order valence-corrected chi connectivity index (χ3v) is 6.45. The second kappa shape index (κ2) is 12.8. The molecule has 0 radical (unpaired) electrons. The molecule has 176 valence electrons. The maximum Gasteiger partial charge on any atom is 0.329 e. The van der Waals surface area contributed by atoms with E-state index in [1.807, 2.05) is 6.92 Å². The number of aliphatic hydroxyl groups excluding tert-OH is 1. The lowest BCUT2D eigenvalue weighted by atomic mass is 10.1. The van der Waals surface area contributed by atoms with Gasteiger partial charge in [-0.15, -0.1) is 0 Å². The second-order valence-electron chi connectivity index (χ2n) is 7.63. The number of carboxylic acid groups (broad SMARTS) is 1. The van der Waals surface area contributed by atoms with E-state index in [1.165, 1.54) is 25.7 Å². The fraction of sp³-hybridized carbons (Fsp3) is 0.522. The highest BCUT2D eigenvalue weighted by atomic mass is 32.2. The van der Waals surface area contributed by atoms with Crippen LogP contribution in [0.4, 0.5) is 0 Å². The van der Waals surface area contributed by atoms with Crippen molar-refractivity contribution in [3.05, 3.63) is 28.7 Å². The summed E-state index contributed by atoms with van der Waals surface area (Å²) in [4.78, 5) is 25.2. The van der Waals surface area contributed by atoms with Gasteiger partial charge in [0.05, 0.1) is 24.7 Å². The summed E-state index contributed by atoms with van der Waals surface area (Å²) in [6.45, 7) is 3.52. The molecule has 1 aliphatic heterocycles. The average Bonchev–Trinajstić information content (AvgIpc) is 3.02. The summed E-state index contributed by atoms with van der Waals surface area (Å²) in [6.07, 6.45) is 8.70. The molecule has 1 saturated heterocycles. The van der Waals surface area contributed by atoms with Gasteiger partial charge in [-0.3, -0.25) is 9.69 Å². The Morgan fingerprint density at radius 2 is 1.97 bits per heavy atom. The molecule has 9 heteroatoms. The van der Waals surface area contributed by atoms with Crippen LogP contribution in [-0.4, -0.2) is 57.2 Å². The van der Waals surface area contributed by atoms with Gasteiger partial charge >= 0.3 is 5.97 Å². The fourth-order valence-corrected chi connectivity index (χ4v) is 4.71. The number of aliphatic hydroxyl groups is 1. The summed E-state index contributed by atoms with van der Waals surface area (Å²) in [6, 6.07) is 3.96. The van der Waals surface area contributed by atoms with Crippen LogP contribution in [-0.2, 0) is 9.59 Å². The summed E-state index contributed by atoms with van der Waals surface area (Å²) >= 11 is 6.16. The van der Waals surface area contributed by atoms with E-state index in [4.69, 9.17) is 21.7 Å². The van der Waals surface area contributed by atoms with Crippen LogP contribution in [0.1, 0.15) is 57.9 Å². The Bertz CT molecular complexity index is 857. The summed E-state index contributed by atoms with van der Waals surface area (Å²) in [5.41, 5.74) is 0.692. The van der Waals surface area contributed by atoms with Gasteiger partial charge in [0.2, 0.25) is 0 Å². The molecule has 1 heterocycles. The molecule has 7 nitrogen and oxygen atoms in total. The molecule has 2 N–H and O–H groups in total. The van der Waals surface area contributed by atoms with Crippen LogP contribution in [0, 0.1) is 0 Å². The van der Waals surface area contributed by atoms with Crippen molar-refractivity contribution in [1.29, 1.82) is 0 Å². The Morgan fingerprint density at radius 3 is 2.59 bits per heavy atom. The monoisotopic (exact) mass is 481 g/mol. The first-order valence-corrected chi connectivity index (χ1v) is 12.0. The van der Waals surface area contributed by atoms with E-state index in [-0.39, 0.29) is 15.3 Å². The first-order valence-electron chi connectivity index (χ1n) is 10.8. The summed E-state index contributed by atoms with van der Waals surface area (Å²) in [5, 5.41) is 18.6. The largest absolute Gasteiger partial charge is 0.493 e. The number of hydrogen-bond acceptors (Lipinski definition) is 7. The minimum Gasteiger partial charge on any atom is -0.493 e. The number of methoxy groups -OCH3 is 1. The first kappa shape index (κ1) is 26.2. The quantitative estimate of drug-likeness (QED) is 0.242. The highest BCUT2D eigenvalue weighted by Gasteiger charge is 2.40. The van der Waals surface area contributed by atoms with Crippen molar-refractivity contribution >= 4 is 46.3 Å². The molecule has 0 bridgehead atoms. The molecular weight excluding hydrogens is 450 g/mol. The number of nitrogens with zero attached hydrogens (tertiary/aromatic N) is 1. The van der Waals surface area contributed by atoms with Gasteiger partial charge in [0.25, 0.3) is 5.91 Å². The van der Waals surface area contributed by atoms with Crippen molar-refractivity contribution in [2.75, 3.05) is 13.7 Å². The molecule has 2 atom stereocenters. The lowest BCUT2D eigenvalue weighted by molar-refractivity contribution is -0.146. The van der Waals surface area contributed by atoms with Crippen molar-refractivity contribution in [2.24, 2.45) is 0 Å². The molecule has 0 aliphatic carbocycles. The molecule has 1 fully saturated rings. The maximum atomic E-state index is 12.7. The highest BCUT2D eigenvalue weighted by Crippen LogP contribution is 2.36. The van der Waals surface area contributed by atoms with E-state index in [1.54, 1.807) is 31.4 Å². The zero-order valence-corrected chi connectivity index (χ0v) is 20.3. The molecule has 32 heavy (non-hydrogen) atoms. The van der Waals surface area contributed by atoms with E-state index in [0.717, 1.165) is 29.5 Å². The van der Waals surface area contributed by atoms with Crippen molar-refractivity contribution in [2.45, 2.75) is 64.5 Å². The number of benzene rings is 1. The number of carboxylic acids is 1. The number of carbonyl (C=O) groups is 2. The molecular formula is C23H31NO6S2. The Hall–Kier alpha value is -2.10. The molecule has 0 saturated carbocycles. The number of amides is 1. The van der Waals surface area contributed by atoms with Gasteiger partial charge in [0, 0.05) is 0 Å². The summed E-state index contributed by atoms with van der Waals surface area (Å²) in [5.74, 6) is -0.680. The third-order valence-electron chi connectivity index (χ3n) is 5.12. The van der Waals surface area contributed by atoms with Crippen molar-refractivity contribution < 1.29 is 29.3 Å². The highest BCUT2D eigenvalue weighted by molar-refractivity contribution is 8.26. The number of thioether (sulfide) groups is 1. The molecule has 1 amide bonds. The summed E-state index contributed by atoms with van der Waals surface area (Å²) in [7, 11) is 1.56. The lowest BCUT2D eigenvalue weighted by Crippen LogP contribution is -2.46. The van der Waals surface area contributed by atoms with Gasteiger partial charge in [0.1, 0.15) is 4.32 Å². The van der Waals surface area contributed by atoms with Crippen LogP contribution < -0.4 is 9.47 Å². The molecule has 1 aromatic rings. The van der Waals surface area contributed by atoms with Crippen LogP contribution >= 0.6 is 24.0 Å². The SMILES string of the molecule is CCCCCCCC(C)Oc1ccc(C=C2SC(=S)N(C(CO)C(=O)O)C2=O)cc1OC. The molecule has 2 unspecified atom stereocenters. The Balaban J connectivity index is 2.09. The van der Waals surface area contributed by atoms with Crippen LogP contribution in [0.3, 0.4) is 0 Å². The van der Waals surface area contributed by atoms with E-state index in [0.29, 0.717) is 17.1 Å². The van der Waals surface area contributed by atoms with E-state index in [9.17, 15) is 19.8 Å². The van der Waals surface area contributed by atoms with Gasteiger partial charge in [-0.25, -0.2) is 4.79 Å². The van der Waals surface area contributed by atoms with E-state index in [2.05, 4.69) is 6.92 Å². The molecule has 1 aromatic carbocycles. The normalized spacial score (nSPS) is 17.0. The van der Waals surface area contributed by atoms with Gasteiger partial charge in [0.15, 0.2) is 17.5 Å². The van der Waals surface area contributed by atoms with Gasteiger partial charge in [-0.05, 0) is 43.5 Å². The average molecular weight is 482 g/mol. The van der Waals surface area contributed by atoms with Gasteiger partial charge in [-0.2, -0.15) is 0 Å². The number of ether oxygens (including phenoxy) is 2. The maximum absolute atomic E-state index is 12.7. The van der Waals surface area contributed by atoms with Crippen LogP contribution in [0.5, 0.6) is 11.5 Å². The molecule has 1 aliphatic rings. The zero-order chi connectivity index (χ0) is 23.7. The minimum absolute atomic E-state index is 0.0547. The van der Waals surface area contributed by atoms with Crippen molar-refractivity contribution in [3.63, 3.8) is 0 Å². The predicted octanol–water partition coefficient (Wildman–Crippen LogP) is 4.47. The van der Waals surface area contributed by atoms with Crippen molar-refractivity contribution in [3.8, 4) is 11.5 Å². The molecule has 0 aromatic heterocycles. The van der Waals surface area contributed by atoms with E-state index >= 15 is 0 Å². The lowest BCUT2D eigenvalue weighted by Gasteiger charge is -2.20. The Labute approximate surface area is 198 Å². The smallest absolute Gasteiger partial charge is 0.329 e. The zero-order valence-electron chi connectivity index (χ0n) is 18.7. The molecule has 2 rings (SSSR count). The number of thiocarbonyl (C=S) groups is 1. The standard InChI is InChI=1S/C23H31NO6S2/c1-4-5-6-7-8-9-15(2)30-18-11-10-16(12-19(18)29-3)13-20-21(26)24(23(31)32-20)17(14-25)22(27)28/h10-13,15,17,25H,4-9,14H2,1-3H3,(H,27,28). The van der Waals surface area contributed by atoms with E-state index < -0.39 is 24.5 Å². The number of aliphatic carboxylic acids is 1. The topological polar surface area (TPSA) is 96.3 Å². The van der Waals surface area contributed by atoms with Crippen LogP contribution in [0.2, 0.25) is 0 Å².